The molecule has 0 spiro atoms. The molecule has 90 valence electrons. The van der Waals surface area contributed by atoms with Gasteiger partial charge >= 0.3 is 5.97 Å². The van der Waals surface area contributed by atoms with Crippen LogP contribution in [-0.4, -0.2) is 34.6 Å². The highest BCUT2D eigenvalue weighted by atomic mass is 16.4. The number of rotatable bonds is 2. The zero-order valence-corrected chi connectivity index (χ0v) is 9.77. The van der Waals surface area contributed by atoms with Crippen LogP contribution in [0.5, 0.6) is 0 Å². The van der Waals surface area contributed by atoms with Crippen LogP contribution in [0.4, 0.5) is 0 Å². The van der Waals surface area contributed by atoms with Crippen molar-refractivity contribution in [2.75, 3.05) is 6.54 Å². The van der Waals surface area contributed by atoms with E-state index in [-0.39, 0.29) is 6.04 Å². The summed E-state index contributed by atoms with van der Waals surface area (Å²) in [5.41, 5.74) is 0. The lowest BCUT2D eigenvalue weighted by atomic mass is 9.66. The van der Waals surface area contributed by atoms with E-state index in [0.717, 1.165) is 12.5 Å². The van der Waals surface area contributed by atoms with Crippen molar-refractivity contribution < 1.29 is 9.90 Å². The Bertz CT molecular complexity index is 280. The van der Waals surface area contributed by atoms with Crippen molar-refractivity contribution in [2.45, 2.75) is 57.0 Å². The summed E-state index contributed by atoms with van der Waals surface area (Å²) in [5.74, 6) is 0.689. The third-order valence-corrected chi connectivity index (χ3v) is 4.84. The van der Waals surface area contributed by atoms with Crippen LogP contribution < -0.4 is 0 Å². The van der Waals surface area contributed by atoms with Crippen LogP contribution in [0.1, 0.15) is 44.9 Å². The van der Waals surface area contributed by atoms with Crippen molar-refractivity contribution in [3.05, 3.63) is 0 Å². The molecule has 4 fully saturated rings. The molecule has 2 aliphatic carbocycles. The van der Waals surface area contributed by atoms with Gasteiger partial charge in [0, 0.05) is 12.6 Å². The maximum Gasteiger partial charge on any atom is 0.321 e. The zero-order chi connectivity index (χ0) is 11.1. The number of nitrogens with zero attached hydrogens (tertiary/aromatic N) is 1. The monoisotopic (exact) mass is 223 g/mol. The topological polar surface area (TPSA) is 40.5 Å². The molecular formula is C13H21NO2. The van der Waals surface area contributed by atoms with Gasteiger partial charge in [0.05, 0.1) is 0 Å². The first-order valence-corrected chi connectivity index (χ1v) is 6.74. The highest BCUT2D eigenvalue weighted by molar-refractivity contribution is 5.74. The van der Waals surface area contributed by atoms with E-state index >= 15 is 0 Å². The van der Waals surface area contributed by atoms with Crippen LogP contribution in [0.3, 0.4) is 0 Å². The van der Waals surface area contributed by atoms with E-state index < -0.39 is 5.97 Å². The molecule has 0 aromatic carbocycles. The SMILES string of the molecule is O=C(O)C1C2CC(C2)CN1C1CCCCC1. The fourth-order valence-corrected chi connectivity index (χ4v) is 4.01. The maximum atomic E-state index is 11.4. The van der Waals surface area contributed by atoms with Crippen LogP contribution >= 0.6 is 0 Å². The molecule has 1 unspecified atom stereocenters. The Morgan fingerprint density at radius 2 is 1.81 bits per heavy atom. The average Bonchev–Trinajstić information content (AvgIpc) is 2.28. The minimum absolute atomic E-state index is 0.159. The van der Waals surface area contributed by atoms with E-state index in [1.807, 2.05) is 0 Å². The molecule has 3 nitrogen and oxygen atoms in total. The number of hydrogen-bond acceptors (Lipinski definition) is 2. The summed E-state index contributed by atoms with van der Waals surface area (Å²) in [6, 6.07) is 0.411. The highest BCUT2D eigenvalue weighted by Crippen LogP contribution is 2.45. The first kappa shape index (κ1) is 10.6. The van der Waals surface area contributed by atoms with Crippen molar-refractivity contribution in [3.8, 4) is 0 Å². The first-order chi connectivity index (χ1) is 7.75. The Kier molecular flexibility index (Phi) is 2.66. The third kappa shape index (κ3) is 1.65. The smallest absolute Gasteiger partial charge is 0.321 e. The van der Waals surface area contributed by atoms with Crippen molar-refractivity contribution in [3.63, 3.8) is 0 Å². The Balaban J connectivity index is 1.73. The van der Waals surface area contributed by atoms with E-state index in [4.69, 9.17) is 0 Å². The molecule has 16 heavy (non-hydrogen) atoms. The minimum Gasteiger partial charge on any atom is -0.480 e. The largest absolute Gasteiger partial charge is 0.480 e. The average molecular weight is 223 g/mol. The van der Waals surface area contributed by atoms with E-state index in [1.165, 1.54) is 44.9 Å². The molecule has 1 atom stereocenters. The van der Waals surface area contributed by atoms with E-state index in [0.29, 0.717) is 12.0 Å². The number of carbonyl (C=O) groups is 1. The molecule has 3 heteroatoms. The molecular weight excluding hydrogens is 202 g/mol. The predicted octanol–water partition coefficient (Wildman–Crippen LogP) is 2.11. The normalized spacial score (nSPS) is 40.4. The molecule has 0 amide bonds. The van der Waals surface area contributed by atoms with Gasteiger partial charge in [-0.15, -0.1) is 0 Å². The van der Waals surface area contributed by atoms with Gasteiger partial charge in [-0.1, -0.05) is 19.3 Å². The number of fused-ring (bicyclic) bond motifs is 2. The van der Waals surface area contributed by atoms with E-state index in [1.54, 1.807) is 0 Å². The van der Waals surface area contributed by atoms with Crippen LogP contribution in [0.2, 0.25) is 0 Å². The van der Waals surface area contributed by atoms with Crippen molar-refractivity contribution in [2.24, 2.45) is 11.8 Å². The molecule has 1 N–H and O–H groups in total. The second-order valence-corrected chi connectivity index (χ2v) is 5.87. The molecule has 0 aromatic rings. The van der Waals surface area contributed by atoms with Crippen LogP contribution in [0.15, 0.2) is 0 Å². The van der Waals surface area contributed by atoms with Gasteiger partial charge in [-0.3, -0.25) is 9.69 Å². The number of carboxylic acids is 1. The van der Waals surface area contributed by atoms with Gasteiger partial charge in [0.25, 0.3) is 0 Å². The van der Waals surface area contributed by atoms with Crippen molar-refractivity contribution in [1.29, 1.82) is 0 Å². The Morgan fingerprint density at radius 3 is 2.44 bits per heavy atom. The lowest BCUT2D eigenvalue weighted by Gasteiger charge is -2.54. The van der Waals surface area contributed by atoms with Crippen molar-refractivity contribution in [1.82, 2.24) is 4.90 Å². The Morgan fingerprint density at radius 1 is 1.12 bits per heavy atom. The quantitative estimate of drug-likeness (QED) is 0.779. The van der Waals surface area contributed by atoms with Gasteiger partial charge < -0.3 is 5.11 Å². The number of carboxylic acid groups (broad SMARTS) is 1. The summed E-state index contributed by atoms with van der Waals surface area (Å²) in [4.78, 5) is 13.7. The maximum absolute atomic E-state index is 11.4. The van der Waals surface area contributed by atoms with Gasteiger partial charge in [-0.25, -0.2) is 0 Å². The third-order valence-electron chi connectivity index (χ3n) is 4.84. The molecule has 0 radical (unpaired) electrons. The van der Waals surface area contributed by atoms with Crippen LogP contribution in [0.25, 0.3) is 0 Å². The van der Waals surface area contributed by atoms with Crippen LogP contribution in [0, 0.1) is 11.8 Å². The molecule has 2 aliphatic heterocycles. The zero-order valence-electron chi connectivity index (χ0n) is 9.77. The van der Waals surface area contributed by atoms with Gasteiger partial charge in [0.2, 0.25) is 0 Å². The second-order valence-electron chi connectivity index (χ2n) is 5.87. The molecule has 2 saturated carbocycles. The summed E-state index contributed by atoms with van der Waals surface area (Å²) >= 11 is 0. The fraction of sp³-hybridized carbons (Fsp3) is 0.923. The van der Waals surface area contributed by atoms with Gasteiger partial charge in [-0.2, -0.15) is 0 Å². The van der Waals surface area contributed by atoms with Gasteiger partial charge in [0.15, 0.2) is 0 Å². The summed E-state index contributed by atoms with van der Waals surface area (Å²) < 4.78 is 0. The summed E-state index contributed by atoms with van der Waals surface area (Å²) in [5, 5.41) is 9.39. The molecule has 4 rings (SSSR count). The first-order valence-electron chi connectivity index (χ1n) is 6.74. The Labute approximate surface area is 96.8 Å². The standard InChI is InChI=1S/C13H21NO2/c15-13(16)12-10-6-9(7-10)8-14(12)11-4-2-1-3-5-11/h9-12H,1-8H2,(H,15,16). The lowest BCUT2D eigenvalue weighted by Crippen LogP contribution is -2.62. The fourth-order valence-electron chi connectivity index (χ4n) is 4.01. The number of piperidine rings is 2. The van der Waals surface area contributed by atoms with Crippen LogP contribution in [-0.2, 0) is 4.79 Å². The molecule has 2 heterocycles. The van der Waals surface area contributed by atoms with Gasteiger partial charge in [0.1, 0.15) is 6.04 Å². The van der Waals surface area contributed by atoms with Crippen molar-refractivity contribution >= 4 is 5.97 Å². The number of hydrogen-bond donors (Lipinski definition) is 1. The lowest BCUT2D eigenvalue weighted by molar-refractivity contribution is -0.158. The van der Waals surface area contributed by atoms with E-state index in [2.05, 4.69) is 4.90 Å². The predicted molar refractivity (Wildman–Crippen MR) is 61.2 cm³/mol. The Hall–Kier alpha value is -0.570. The molecule has 0 aromatic heterocycles. The molecule has 2 saturated heterocycles. The van der Waals surface area contributed by atoms with E-state index in [9.17, 15) is 9.90 Å². The summed E-state index contributed by atoms with van der Waals surface area (Å²) in [7, 11) is 0. The van der Waals surface area contributed by atoms with Gasteiger partial charge in [-0.05, 0) is 37.5 Å². The summed E-state index contributed by atoms with van der Waals surface area (Å²) in [6.07, 6.45) is 8.72. The molecule has 2 bridgehead atoms. The minimum atomic E-state index is -0.575. The second kappa shape index (κ2) is 4.02. The highest BCUT2D eigenvalue weighted by Gasteiger charge is 2.49. The number of aliphatic carboxylic acids is 1. The summed E-state index contributed by atoms with van der Waals surface area (Å²) in [6.45, 7) is 1.05. The molecule has 4 aliphatic rings.